The molecule has 0 aliphatic heterocycles. The summed E-state index contributed by atoms with van der Waals surface area (Å²) in [5.41, 5.74) is 0.725. The second kappa shape index (κ2) is 6.13. The molecule has 3 N–H and O–H groups in total. The molecule has 0 aromatic heterocycles. The van der Waals surface area contributed by atoms with Crippen molar-refractivity contribution in [1.29, 1.82) is 0 Å². The van der Waals surface area contributed by atoms with Gasteiger partial charge in [0.15, 0.2) is 17.2 Å². The van der Waals surface area contributed by atoms with Gasteiger partial charge in [0, 0.05) is 6.42 Å². The van der Waals surface area contributed by atoms with Gasteiger partial charge < -0.3 is 20.1 Å². The molecule has 6 heteroatoms. The summed E-state index contributed by atoms with van der Waals surface area (Å²) >= 11 is 0. The van der Waals surface area contributed by atoms with Gasteiger partial charge >= 0.3 is 5.97 Å². The Morgan fingerprint density at radius 2 is 1.62 bits per heavy atom. The number of halogens is 1. The molecule has 2 aromatic carbocycles. The maximum Gasteiger partial charge on any atom is 0.338 e. The van der Waals surface area contributed by atoms with Crippen molar-refractivity contribution in [2.75, 3.05) is 6.61 Å². The second-order valence-corrected chi connectivity index (χ2v) is 4.38. The molecule has 110 valence electrons. The van der Waals surface area contributed by atoms with E-state index in [1.807, 2.05) is 0 Å². The van der Waals surface area contributed by atoms with Crippen molar-refractivity contribution in [3.05, 3.63) is 53.3 Å². The molecule has 0 saturated carbocycles. The highest BCUT2D eigenvalue weighted by Gasteiger charge is 2.14. The Bertz CT molecular complexity index is 629. The molecule has 0 radical (unpaired) electrons. The number of phenolic OH excluding ortho intramolecular Hbond substituents is 3. The van der Waals surface area contributed by atoms with Crippen molar-refractivity contribution in [1.82, 2.24) is 0 Å². The van der Waals surface area contributed by atoms with Gasteiger partial charge in [0.25, 0.3) is 0 Å². The first-order valence-electron chi connectivity index (χ1n) is 6.14. The normalized spacial score (nSPS) is 10.3. The van der Waals surface area contributed by atoms with Gasteiger partial charge in [-0.25, -0.2) is 9.18 Å². The van der Waals surface area contributed by atoms with Crippen LogP contribution in [0, 0.1) is 5.82 Å². The summed E-state index contributed by atoms with van der Waals surface area (Å²) in [6.45, 7) is 0.0624. The quantitative estimate of drug-likeness (QED) is 0.595. The fraction of sp³-hybridized carbons (Fsp3) is 0.133. The molecule has 0 atom stereocenters. The molecule has 2 rings (SSSR count). The Balaban J connectivity index is 1.94. The lowest BCUT2D eigenvalue weighted by Crippen LogP contribution is -2.08. The minimum atomic E-state index is -0.747. The van der Waals surface area contributed by atoms with E-state index in [4.69, 9.17) is 4.74 Å². The molecule has 21 heavy (non-hydrogen) atoms. The van der Waals surface area contributed by atoms with Crippen LogP contribution in [0.1, 0.15) is 15.9 Å². The third-order valence-electron chi connectivity index (χ3n) is 2.84. The highest BCUT2D eigenvalue weighted by atomic mass is 19.1. The Labute approximate surface area is 119 Å². The molecule has 0 heterocycles. The van der Waals surface area contributed by atoms with E-state index in [1.54, 1.807) is 12.1 Å². The lowest BCUT2D eigenvalue weighted by Gasteiger charge is -2.07. The van der Waals surface area contributed by atoms with Gasteiger partial charge in [-0.05, 0) is 29.8 Å². The van der Waals surface area contributed by atoms with Gasteiger partial charge in [-0.2, -0.15) is 0 Å². The average molecular weight is 292 g/mol. The van der Waals surface area contributed by atoms with E-state index in [9.17, 15) is 24.5 Å². The van der Waals surface area contributed by atoms with E-state index >= 15 is 0 Å². The average Bonchev–Trinajstić information content (AvgIpc) is 2.46. The third kappa shape index (κ3) is 3.62. The van der Waals surface area contributed by atoms with Crippen molar-refractivity contribution in [2.24, 2.45) is 0 Å². The minimum Gasteiger partial charge on any atom is -0.504 e. The Morgan fingerprint density at radius 3 is 2.19 bits per heavy atom. The summed E-state index contributed by atoms with van der Waals surface area (Å²) < 4.78 is 17.7. The molecule has 2 aromatic rings. The SMILES string of the molecule is O=C(OCCc1ccc(F)cc1)c1cc(O)c(O)c(O)c1. The van der Waals surface area contributed by atoms with Crippen molar-refractivity contribution < 1.29 is 29.2 Å². The van der Waals surface area contributed by atoms with Crippen molar-refractivity contribution >= 4 is 5.97 Å². The molecule has 0 aliphatic rings. The molecule has 0 spiro atoms. The molecule has 0 amide bonds. The van der Waals surface area contributed by atoms with Crippen LogP contribution in [0.15, 0.2) is 36.4 Å². The molecule has 0 aliphatic carbocycles. The molecular formula is C15H13FO5. The van der Waals surface area contributed by atoms with Gasteiger partial charge in [0.05, 0.1) is 12.2 Å². The number of hydrogen-bond acceptors (Lipinski definition) is 5. The fourth-order valence-corrected chi connectivity index (χ4v) is 1.72. The Morgan fingerprint density at radius 1 is 1.05 bits per heavy atom. The van der Waals surface area contributed by atoms with E-state index in [0.29, 0.717) is 6.42 Å². The number of carbonyl (C=O) groups is 1. The lowest BCUT2D eigenvalue weighted by atomic mass is 10.1. The molecule has 0 fully saturated rings. The van der Waals surface area contributed by atoms with Crippen LogP contribution < -0.4 is 0 Å². The van der Waals surface area contributed by atoms with E-state index in [1.165, 1.54) is 12.1 Å². The zero-order chi connectivity index (χ0) is 15.4. The first-order chi connectivity index (χ1) is 9.97. The number of aromatic hydroxyl groups is 3. The van der Waals surface area contributed by atoms with Gasteiger partial charge in [0.1, 0.15) is 5.82 Å². The standard InChI is InChI=1S/C15H13FO5/c16-11-3-1-9(2-4-11)5-6-21-15(20)10-7-12(17)14(19)13(18)8-10/h1-4,7-8,17-19H,5-6H2. The number of hydrogen-bond donors (Lipinski definition) is 3. The van der Waals surface area contributed by atoms with Gasteiger partial charge in [-0.1, -0.05) is 12.1 Å². The minimum absolute atomic E-state index is 0.0624. The summed E-state index contributed by atoms with van der Waals surface area (Å²) in [5, 5.41) is 27.8. The lowest BCUT2D eigenvalue weighted by molar-refractivity contribution is 0.0508. The van der Waals surface area contributed by atoms with Crippen molar-refractivity contribution in [3.63, 3.8) is 0 Å². The number of ether oxygens (including phenoxy) is 1. The summed E-state index contributed by atoms with van der Waals surface area (Å²) in [6.07, 6.45) is 0.405. The first-order valence-corrected chi connectivity index (χ1v) is 6.14. The smallest absolute Gasteiger partial charge is 0.338 e. The fourth-order valence-electron chi connectivity index (χ4n) is 1.72. The Kier molecular flexibility index (Phi) is 4.27. The van der Waals surface area contributed by atoms with Crippen molar-refractivity contribution in [3.8, 4) is 17.2 Å². The first kappa shape index (κ1) is 14.6. The van der Waals surface area contributed by atoms with Crippen LogP contribution in [0.3, 0.4) is 0 Å². The van der Waals surface area contributed by atoms with Crippen LogP contribution in [0.25, 0.3) is 0 Å². The van der Waals surface area contributed by atoms with Gasteiger partial charge in [-0.15, -0.1) is 0 Å². The van der Waals surface area contributed by atoms with Crippen LogP contribution in [0.4, 0.5) is 4.39 Å². The highest BCUT2D eigenvalue weighted by molar-refractivity contribution is 5.91. The van der Waals surface area contributed by atoms with E-state index < -0.39 is 23.2 Å². The van der Waals surface area contributed by atoms with Crippen molar-refractivity contribution in [2.45, 2.75) is 6.42 Å². The zero-order valence-electron chi connectivity index (χ0n) is 10.9. The molecule has 5 nitrogen and oxygen atoms in total. The molecule has 0 bridgehead atoms. The number of carbonyl (C=O) groups excluding carboxylic acids is 1. The maximum atomic E-state index is 12.7. The number of benzene rings is 2. The molecule has 0 saturated heterocycles. The predicted molar refractivity (Wildman–Crippen MR) is 71.8 cm³/mol. The molecule has 0 unspecified atom stereocenters. The summed E-state index contributed by atoms with van der Waals surface area (Å²) in [4.78, 5) is 11.7. The van der Waals surface area contributed by atoms with E-state index in [2.05, 4.69) is 0 Å². The van der Waals surface area contributed by atoms with Crippen LogP contribution in [0.2, 0.25) is 0 Å². The van der Waals surface area contributed by atoms with E-state index in [-0.39, 0.29) is 18.0 Å². The molecular weight excluding hydrogens is 279 g/mol. The van der Waals surface area contributed by atoms with Gasteiger partial charge in [0.2, 0.25) is 0 Å². The summed E-state index contributed by atoms with van der Waals surface area (Å²) in [7, 11) is 0. The highest BCUT2D eigenvalue weighted by Crippen LogP contribution is 2.35. The van der Waals surface area contributed by atoms with E-state index in [0.717, 1.165) is 17.7 Å². The summed E-state index contributed by atoms with van der Waals surface area (Å²) in [5.74, 6) is -3.01. The van der Waals surface area contributed by atoms with Crippen LogP contribution in [0.5, 0.6) is 17.2 Å². The predicted octanol–water partition coefficient (Wildman–Crippen LogP) is 2.34. The summed E-state index contributed by atoms with van der Waals surface area (Å²) in [6, 6.07) is 7.79. The van der Waals surface area contributed by atoms with Gasteiger partial charge in [-0.3, -0.25) is 0 Å². The monoisotopic (exact) mass is 292 g/mol. The number of phenols is 3. The topological polar surface area (TPSA) is 87.0 Å². The Hall–Kier alpha value is -2.76. The van der Waals surface area contributed by atoms with Crippen LogP contribution >= 0.6 is 0 Å². The third-order valence-corrected chi connectivity index (χ3v) is 2.84. The largest absolute Gasteiger partial charge is 0.504 e. The second-order valence-electron chi connectivity index (χ2n) is 4.38. The zero-order valence-corrected chi connectivity index (χ0v) is 10.9. The number of esters is 1. The number of rotatable bonds is 4. The van der Waals surface area contributed by atoms with Crippen LogP contribution in [-0.4, -0.2) is 27.9 Å². The maximum absolute atomic E-state index is 12.7. The van der Waals surface area contributed by atoms with Crippen LogP contribution in [-0.2, 0) is 11.2 Å².